The lowest BCUT2D eigenvalue weighted by atomic mass is 10.1. The molecule has 4 aromatic rings. The van der Waals surface area contributed by atoms with Crippen LogP contribution < -0.4 is 10.4 Å². The minimum atomic E-state index is -0.367. The summed E-state index contributed by atoms with van der Waals surface area (Å²) in [4.78, 5) is 11.6. The molecule has 27 heavy (non-hydrogen) atoms. The summed E-state index contributed by atoms with van der Waals surface area (Å²) in [6.45, 7) is 0.753. The number of nitrogens with zero attached hydrogens (tertiary/aromatic N) is 1. The van der Waals surface area contributed by atoms with E-state index < -0.39 is 0 Å². The molecule has 6 heteroatoms. The molecular weight excluding hydrogens is 366 g/mol. The molecule has 0 fully saturated rings. The van der Waals surface area contributed by atoms with E-state index in [1.54, 1.807) is 19.2 Å². The lowest BCUT2D eigenvalue weighted by molar-refractivity contribution is 0.182. The molecule has 5 nitrogen and oxygen atoms in total. The van der Waals surface area contributed by atoms with Gasteiger partial charge in [-0.05, 0) is 30.3 Å². The molecular formula is C21H18ClNO4. The summed E-state index contributed by atoms with van der Waals surface area (Å²) in [7, 11) is 3.64. The molecule has 0 bridgehead atoms. The van der Waals surface area contributed by atoms with Crippen molar-refractivity contribution in [3.05, 3.63) is 75.2 Å². The summed E-state index contributed by atoms with van der Waals surface area (Å²) < 4.78 is 18.8. The highest BCUT2D eigenvalue weighted by molar-refractivity contribution is 6.32. The molecule has 0 N–H and O–H groups in total. The van der Waals surface area contributed by atoms with Crippen molar-refractivity contribution >= 4 is 33.5 Å². The Kier molecular flexibility index (Phi) is 4.64. The second kappa shape index (κ2) is 7.10. The topological polar surface area (TPSA) is 53.6 Å². The number of fused-ring (bicyclic) bond motifs is 3. The molecule has 0 saturated heterocycles. The van der Waals surface area contributed by atoms with Crippen molar-refractivity contribution in [2.75, 3.05) is 7.11 Å². The third-order valence-electron chi connectivity index (χ3n) is 4.69. The number of hydrogen-bond acceptors (Lipinski definition) is 4. The smallest absolute Gasteiger partial charge is 0.336 e. The minimum absolute atomic E-state index is 0.339. The van der Waals surface area contributed by atoms with Crippen molar-refractivity contribution in [1.82, 2.24) is 4.57 Å². The van der Waals surface area contributed by atoms with Crippen LogP contribution in [0.3, 0.4) is 0 Å². The summed E-state index contributed by atoms with van der Waals surface area (Å²) in [6.07, 6.45) is 0. The first-order valence-corrected chi connectivity index (χ1v) is 8.87. The average molecular weight is 384 g/mol. The number of methoxy groups -OCH3 is 1. The first-order chi connectivity index (χ1) is 13.1. The molecule has 0 atom stereocenters. The maximum Gasteiger partial charge on any atom is 0.336 e. The highest BCUT2D eigenvalue weighted by atomic mass is 35.5. The van der Waals surface area contributed by atoms with E-state index in [4.69, 9.17) is 25.5 Å². The van der Waals surface area contributed by atoms with E-state index in [0.29, 0.717) is 29.6 Å². The van der Waals surface area contributed by atoms with Crippen molar-refractivity contribution in [2.24, 2.45) is 7.05 Å². The summed E-state index contributed by atoms with van der Waals surface area (Å²) >= 11 is 6.20. The number of benzene rings is 2. The van der Waals surface area contributed by atoms with Crippen molar-refractivity contribution in [3.8, 4) is 5.75 Å². The lowest BCUT2D eigenvalue weighted by Gasteiger charge is -2.11. The van der Waals surface area contributed by atoms with E-state index in [1.807, 2.05) is 37.4 Å². The zero-order valence-corrected chi connectivity index (χ0v) is 15.7. The third-order valence-corrected chi connectivity index (χ3v) is 5.00. The van der Waals surface area contributed by atoms with E-state index in [0.717, 1.165) is 27.5 Å². The molecule has 0 unspecified atom stereocenters. The fraction of sp³-hybridized carbons (Fsp3) is 0.190. The van der Waals surface area contributed by atoms with E-state index in [-0.39, 0.29) is 5.63 Å². The summed E-state index contributed by atoms with van der Waals surface area (Å²) in [5, 5.41) is 2.44. The largest absolute Gasteiger partial charge is 0.486 e. The van der Waals surface area contributed by atoms with Gasteiger partial charge in [-0.3, -0.25) is 0 Å². The van der Waals surface area contributed by atoms with Crippen LogP contribution in [0.25, 0.3) is 21.9 Å². The Balaban J connectivity index is 1.88. The predicted octanol–water partition coefficient (Wildman–Crippen LogP) is 4.66. The van der Waals surface area contributed by atoms with Gasteiger partial charge in [-0.25, -0.2) is 4.79 Å². The van der Waals surface area contributed by atoms with Crippen molar-refractivity contribution in [1.29, 1.82) is 0 Å². The molecule has 2 aromatic heterocycles. The van der Waals surface area contributed by atoms with E-state index >= 15 is 0 Å². The number of ether oxygens (including phenoxy) is 2. The van der Waals surface area contributed by atoms with Gasteiger partial charge in [-0.2, -0.15) is 0 Å². The van der Waals surface area contributed by atoms with Crippen LogP contribution in [0.5, 0.6) is 5.75 Å². The van der Waals surface area contributed by atoms with Crippen LogP contribution in [0.4, 0.5) is 0 Å². The second-order valence-electron chi connectivity index (χ2n) is 6.26. The lowest BCUT2D eigenvalue weighted by Crippen LogP contribution is -2.05. The molecule has 0 spiro atoms. The number of hydrogen-bond donors (Lipinski definition) is 0. The summed E-state index contributed by atoms with van der Waals surface area (Å²) in [6, 6.07) is 14.4. The molecule has 2 aromatic carbocycles. The highest BCUT2D eigenvalue weighted by Gasteiger charge is 2.19. The van der Waals surface area contributed by atoms with Crippen molar-refractivity contribution in [2.45, 2.75) is 13.2 Å². The van der Waals surface area contributed by atoms with Gasteiger partial charge in [0.05, 0.1) is 17.3 Å². The molecule has 0 radical (unpaired) electrons. The van der Waals surface area contributed by atoms with Crippen LogP contribution >= 0.6 is 11.6 Å². The van der Waals surface area contributed by atoms with Crippen LogP contribution in [0.2, 0.25) is 5.02 Å². The van der Waals surface area contributed by atoms with Gasteiger partial charge in [0.2, 0.25) is 0 Å². The van der Waals surface area contributed by atoms with E-state index in [1.165, 1.54) is 6.07 Å². The number of rotatable bonds is 5. The second-order valence-corrected chi connectivity index (χ2v) is 6.67. The normalized spacial score (nSPS) is 11.4. The van der Waals surface area contributed by atoms with E-state index in [2.05, 4.69) is 4.57 Å². The van der Waals surface area contributed by atoms with Gasteiger partial charge in [0.1, 0.15) is 17.9 Å². The van der Waals surface area contributed by atoms with Gasteiger partial charge in [0.25, 0.3) is 0 Å². The number of aromatic nitrogens is 1. The monoisotopic (exact) mass is 383 g/mol. The van der Waals surface area contributed by atoms with Gasteiger partial charge in [0, 0.05) is 42.1 Å². The quantitative estimate of drug-likeness (QED) is 0.470. The highest BCUT2D eigenvalue weighted by Crippen LogP contribution is 2.33. The predicted molar refractivity (Wildman–Crippen MR) is 105 cm³/mol. The molecule has 0 aliphatic carbocycles. The Morgan fingerprint density at radius 3 is 2.67 bits per heavy atom. The Labute approximate surface area is 160 Å². The number of para-hydroxylation sites is 1. The average Bonchev–Trinajstić information content (AvgIpc) is 2.93. The molecule has 4 rings (SSSR count). The van der Waals surface area contributed by atoms with Gasteiger partial charge < -0.3 is 18.5 Å². The van der Waals surface area contributed by atoms with Crippen LogP contribution in [-0.4, -0.2) is 11.7 Å². The van der Waals surface area contributed by atoms with Gasteiger partial charge in [-0.1, -0.05) is 23.7 Å². The molecule has 0 saturated carbocycles. The molecule has 2 heterocycles. The fourth-order valence-corrected chi connectivity index (χ4v) is 3.61. The summed E-state index contributed by atoms with van der Waals surface area (Å²) in [5.41, 5.74) is 3.18. The molecule has 0 amide bonds. The Hall–Kier alpha value is -2.76. The van der Waals surface area contributed by atoms with Crippen LogP contribution in [0, 0.1) is 0 Å². The zero-order chi connectivity index (χ0) is 19.0. The SMILES string of the molecule is COCc1c(COc2ccccc2Cl)n(C)c2ccc3oc(=O)ccc3c12. The molecule has 0 aliphatic heterocycles. The van der Waals surface area contributed by atoms with Crippen molar-refractivity contribution < 1.29 is 13.9 Å². The van der Waals surface area contributed by atoms with Crippen LogP contribution in [0.15, 0.2) is 57.7 Å². The molecule has 0 aliphatic rings. The Morgan fingerprint density at radius 2 is 1.89 bits per heavy atom. The maximum atomic E-state index is 11.6. The zero-order valence-electron chi connectivity index (χ0n) is 15.0. The minimum Gasteiger partial charge on any atom is -0.486 e. The standard InChI is InChI=1S/C21H18ClNO4/c1-23-16-8-9-18-13(7-10-20(24)27-18)21(16)14(11-25-2)17(23)12-26-19-6-4-3-5-15(19)22/h3-10H,11-12H2,1-2H3. The Morgan fingerprint density at radius 1 is 1.07 bits per heavy atom. The number of halogens is 1. The van der Waals surface area contributed by atoms with Gasteiger partial charge >= 0.3 is 5.63 Å². The van der Waals surface area contributed by atoms with Gasteiger partial charge in [-0.15, -0.1) is 0 Å². The molecule has 138 valence electrons. The fourth-order valence-electron chi connectivity index (χ4n) is 3.42. The maximum absolute atomic E-state index is 11.6. The number of aryl methyl sites for hydroxylation is 1. The third kappa shape index (κ3) is 3.09. The Bertz CT molecular complexity index is 1190. The van der Waals surface area contributed by atoms with Crippen LogP contribution in [-0.2, 0) is 25.0 Å². The van der Waals surface area contributed by atoms with Crippen molar-refractivity contribution in [3.63, 3.8) is 0 Å². The summed E-state index contributed by atoms with van der Waals surface area (Å²) in [5.74, 6) is 0.628. The van der Waals surface area contributed by atoms with E-state index in [9.17, 15) is 4.79 Å². The van der Waals surface area contributed by atoms with Gasteiger partial charge in [0.15, 0.2) is 0 Å². The first-order valence-electron chi connectivity index (χ1n) is 8.49. The first kappa shape index (κ1) is 17.6. The van der Waals surface area contributed by atoms with Crippen LogP contribution in [0.1, 0.15) is 11.3 Å².